The lowest BCUT2D eigenvalue weighted by Gasteiger charge is -2.21. The molecule has 1 N–H and O–H groups in total. The van der Waals surface area contributed by atoms with Gasteiger partial charge in [0.05, 0.1) is 12.6 Å². The number of alkyl halides is 3. The lowest BCUT2D eigenvalue weighted by Crippen LogP contribution is -2.47. The van der Waals surface area contributed by atoms with E-state index in [0.29, 0.717) is 0 Å². The van der Waals surface area contributed by atoms with E-state index in [2.05, 4.69) is 0 Å². The van der Waals surface area contributed by atoms with Crippen molar-refractivity contribution >= 4 is 5.91 Å². The molecule has 0 saturated heterocycles. The molecule has 0 heterocycles. The summed E-state index contributed by atoms with van der Waals surface area (Å²) in [6.07, 6.45) is -4.83. The lowest BCUT2D eigenvalue weighted by atomic mass is 10.1. The monoisotopic (exact) mass is 213 g/mol. The van der Waals surface area contributed by atoms with Crippen LogP contribution >= 0.6 is 0 Å². The van der Waals surface area contributed by atoms with Crippen molar-refractivity contribution in [3.8, 4) is 0 Å². The summed E-state index contributed by atoms with van der Waals surface area (Å²) in [4.78, 5) is 10.6. The van der Waals surface area contributed by atoms with Gasteiger partial charge in [0.25, 0.3) is 0 Å². The number of hydrogen-bond acceptors (Lipinski definition) is 2. The van der Waals surface area contributed by atoms with E-state index in [1.807, 2.05) is 5.32 Å². The third-order valence-corrected chi connectivity index (χ3v) is 1.72. The zero-order valence-corrected chi connectivity index (χ0v) is 8.31. The summed E-state index contributed by atoms with van der Waals surface area (Å²) in [6.45, 7) is 3.49. The molecule has 0 aliphatic carbocycles. The van der Waals surface area contributed by atoms with E-state index in [1.54, 1.807) is 13.8 Å². The first-order chi connectivity index (χ1) is 6.29. The van der Waals surface area contributed by atoms with Crippen LogP contribution in [-0.2, 0) is 9.53 Å². The van der Waals surface area contributed by atoms with E-state index in [-0.39, 0.29) is 12.5 Å². The minimum atomic E-state index is -4.83. The van der Waals surface area contributed by atoms with Crippen LogP contribution < -0.4 is 5.32 Å². The Balaban J connectivity index is 4.24. The van der Waals surface area contributed by atoms with Crippen LogP contribution in [0.4, 0.5) is 13.2 Å². The Labute approximate surface area is 80.6 Å². The van der Waals surface area contributed by atoms with Gasteiger partial charge in [-0.3, -0.25) is 4.79 Å². The number of hydrogen-bond donors (Lipinski definition) is 1. The Bertz CT molecular complexity index is 192. The minimum Gasteiger partial charge on any atom is -0.383 e. The first kappa shape index (κ1) is 13.2. The predicted molar refractivity (Wildman–Crippen MR) is 44.7 cm³/mol. The smallest absolute Gasteiger partial charge is 0.383 e. The summed E-state index contributed by atoms with van der Waals surface area (Å²) >= 11 is 0. The van der Waals surface area contributed by atoms with Crippen molar-refractivity contribution in [2.75, 3.05) is 13.7 Å². The van der Waals surface area contributed by atoms with Crippen molar-refractivity contribution in [2.45, 2.75) is 26.1 Å². The Morgan fingerprint density at radius 2 is 1.93 bits per heavy atom. The molecule has 1 unspecified atom stereocenters. The third-order valence-electron chi connectivity index (χ3n) is 1.72. The van der Waals surface area contributed by atoms with Crippen LogP contribution in [0.2, 0.25) is 0 Å². The maximum absolute atomic E-state index is 11.9. The maximum Gasteiger partial charge on any atom is 0.471 e. The second-order valence-corrected chi connectivity index (χ2v) is 3.28. The number of carbonyl (C=O) groups is 1. The fourth-order valence-electron chi connectivity index (χ4n) is 0.831. The highest BCUT2D eigenvalue weighted by Gasteiger charge is 2.39. The van der Waals surface area contributed by atoms with Crippen LogP contribution in [-0.4, -0.2) is 31.8 Å². The normalized spacial score (nSPS) is 14.2. The largest absolute Gasteiger partial charge is 0.471 e. The van der Waals surface area contributed by atoms with E-state index in [9.17, 15) is 18.0 Å². The Hall–Kier alpha value is -0.780. The molecule has 0 bridgehead atoms. The molecule has 1 atom stereocenters. The number of amides is 1. The molecule has 0 rings (SSSR count). The van der Waals surface area contributed by atoms with Crippen molar-refractivity contribution in [3.63, 3.8) is 0 Å². The van der Waals surface area contributed by atoms with Crippen LogP contribution in [0.3, 0.4) is 0 Å². The van der Waals surface area contributed by atoms with Crippen LogP contribution in [0, 0.1) is 5.92 Å². The fraction of sp³-hybridized carbons (Fsp3) is 0.875. The molecule has 0 saturated carbocycles. The summed E-state index contributed by atoms with van der Waals surface area (Å²) in [5.74, 6) is -2.03. The molecule has 1 amide bonds. The minimum absolute atomic E-state index is 0.0689. The van der Waals surface area contributed by atoms with Crippen molar-refractivity contribution in [1.29, 1.82) is 0 Å². The van der Waals surface area contributed by atoms with Gasteiger partial charge in [0, 0.05) is 7.11 Å². The molecule has 84 valence electrons. The molecule has 6 heteroatoms. The van der Waals surface area contributed by atoms with Gasteiger partial charge in [-0.1, -0.05) is 13.8 Å². The predicted octanol–water partition coefficient (Wildman–Crippen LogP) is 1.34. The first-order valence-electron chi connectivity index (χ1n) is 4.15. The van der Waals surface area contributed by atoms with Crippen molar-refractivity contribution in [3.05, 3.63) is 0 Å². The van der Waals surface area contributed by atoms with Crippen molar-refractivity contribution in [2.24, 2.45) is 5.92 Å². The average molecular weight is 213 g/mol. The van der Waals surface area contributed by atoms with E-state index in [0.717, 1.165) is 0 Å². The molecule has 0 radical (unpaired) electrons. The summed E-state index contributed by atoms with van der Waals surface area (Å²) in [5.41, 5.74) is 0. The van der Waals surface area contributed by atoms with E-state index >= 15 is 0 Å². The molecule has 0 aliphatic rings. The molecule has 0 aliphatic heterocycles. The average Bonchev–Trinajstić information content (AvgIpc) is 2.01. The first-order valence-corrected chi connectivity index (χ1v) is 4.15. The second-order valence-electron chi connectivity index (χ2n) is 3.28. The van der Waals surface area contributed by atoms with E-state index in [1.165, 1.54) is 7.11 Å². The quantitative estimate of drug-likeness (QED) is 0.765. The lowest BCUT2D eigenvalue weighted by molar-refractivity contribution is -0.175. The maximum atomic E-state index is 11.9. The SMILES string of the molecule is COCC(NC(=O)C(F)(F)F)C(C)C. The zero-order chi connectivity index (χ0) is 11.4. The van der Waals surface area contributed by atoms with Gasteiger partial charge in [-0.25, -0.2) is 0 Å². The molecule has 0 spiro atoms. The summed E-state index contributed by atoms with van der Waals surface area (Å²) in [6, 6.07) is -0.617. The van der Waals surface area contributed by atoms with Gasteiger partial charge in [0.1, 0.15) is 0 Å². The third kappa shape index (κ3) is 4.45. The van der Waals surface area contributed by atoms with Crippen LogP contribution in [0.5, 0.6) is 0 Å². The second kappa shape index (κ2) is 5.19. The molecule has 0 aromatic rings. The highest BCUT2D eigenvalue weighted by molar-refractivity contribution is 5.81. The summed E-state index contributed by atoms with van der Waals surface area (Å²) in [7, 11) is 1.37. The van der Waals surface area contributed by atoms with Gasteiger partial charge >= 0.3 is 12.1 Å². The zero-order valence-electron chi connectivity index (χ0n) is 8.31. The fourth-order valence-corrected chi connectivity index (χ4v) is 0.831. The number of ether oxygens (including phenoxy) is 1. The Kier molecular flexibility index (Phi) is 4.90. The topological polar surface area (TPSA) is 38.3 Å². The Morgan fingerprint density at radius 3 is 2.21 bits per heavy atom. The van der Waals surface area contributed by atoms with Crippen LogP contribution in [0.1, 0.15) is 13.8 Å². The highest BCUT2D eigenvalue weighted by atomic mass is 19.4. The number of nitrogens with one attached hydrogen (secondary N) is 1. The van der Waals surface area contributed by atoms with Gasteiger partial charge in [-0.05, 0) is 5.92 Å². The molecule has 3 nitrogen and oxygen atoms in total. The van der Waals surface area contributed by atoms with Gasteiger partial charge in [-0.15, -0.1) is 0 Å². The van der Waals surface area contributed by atoms with Crippen molar-refractivity contribution < 1.29 is 22.7 Å². The van der Waals surface area contributed by atoms with E-state index < -0.39 is 18.1 Å². The summed E-state index contributed by atoms with van der Waals surface area (Å²) in [5, 5.41) is 1.87. The summed E-state index contributed by atoms with van der Waals surface area (Å²) < 4.78 is 40.3. The highest BCUT2D eigenvalue weighted by Crippen LogP contribution is 2.15. The van der Waals surface area contributed by atoms with E-state index in [4.69, 9.17) is 4.74 Å². The number of rotatable bonds is 4. The van der Waals surface area contributed by atoms with Crippen LogP contribution in [0.15, 0.2) is 0 Å². The van der Waals surface area contributed by atoms with Gasteiger partial charge in [0.15, 0.2) is 0 Å². The number of carbonyl (C=O) groups excluding carboxylic acids is 1. The number of methoxy groups -OCH3 is 1. The molecule has 14 heavy (non-hydrogen) atoms. The standard InChI is InChI=1S/C8H14F3NO2/c1-5(2)6(4-14-3)12-7(13)8(9,10)11/h5-6H,4H2,1-3H3,(H,12,13). The van der Waals surface area contributed by atoms with Gasteiger partial charge in [-0.2, -0.15) is 13.2 Å². The molecule has 0 aromatic carbocycles. The van der Waals surface area contributed by atoms with Gasteiger partial charge in [0.2, 0.25) is 0 Å². The molecule has 0 fully saturated rings. The molecular weight excluding hydrogens is 199 g/mol. The Morgan fingerprint density at radius 1 is 1.43 bits per heavy atom. The molecular formula is C8H14F3NO2. The van der Waals surface area contributed by atoms with Crippen molar-refractivity contribution in [1.82, 2.24) is 5.32 Å². The number of halogens is 3. The van der Waals surface area contributed by atoms with Crippen LogP contribution in [0.25, 0.3) is 0 Å². The molecule has 0 aromatic heterocycles. The van der Waals surface area contributed by atoms with Gasteiger partial charge < -0.3 is 10.1 Å².